The molecule has 0 fully saturated rings. The topological polar surface area (TPSA) is 99.4 Å². The minimum atomic E-state index is -0.763. The average molecular weight is 524 g/mol. The van der Waals surface area contributed by atoms with E-state index in [0.29, 0.717) is 17.6 Å². The normalized spacial score (nSPS) is 18.5. The van der Waals surface area contributed by atoms with Crippen LogP contribution in [0.1, 0.15) is 54.0 Å². The summed E-state index contributed by atoms with van der Waals surface area (Å²) in [5.74, 6) is 0. The molecule has 0 aliphatic heterocycles. The van der Waals surface area contributed by atoms with Crippen molar-refractivity contribution in [2.75, 3.05) is 0 Å². The van der Waals surface area contributed by atoms with E-state index >= 15 is 0 Å². The average Bonchev–Trinajstić information content (AvgIpc) is 3.17. The number of carbonyl (C=O) groups excluding carboxylic acids is 2. The van der Waals surface area contributed by atoms with Gasteiger partial charge in [-0.3, -0.25) is 4.98 Å². The van der Waals surface area contributed by atoms with Crippen LogP contribution in [0.2, 0.25) is 5.28 Å². The summed E-state index contributed by atoms with van der Waals surface area (Å²) in [5.41, 5.74) is -0.523. The number of fused-ring (bicyclic) bond motifs is 1. The maximum Gasteiger partial charge on any atom is 0.420 e. The van der Waals surface area contributed by atoms with Crippen LogP contribution in [-0.2, 0) is 42.2 Å². The number of hydrogen-bond acceptors (Lipinski definition) is 7. The van der Waals surface area contributed by atoms with E-state index in [1.54, 1.807) is 58.5 Å². The van der Waals surface area contributed by atoms with E-state index in [0.717, 1.165) is 4.90 Å². The number of amides is 2. The fourth-order valence-electron chi connectivity index (χ4n) is 3.02. The number of ether oxygens (including phenoxy) is 2. The molecule has 2 atom stereocenters. The molecule has 165 valence electrons. The molecule has 0 aromatic carbocycles. The Balaban J connectivity index is 0.00000341. The molecular weight excluding hydrogens is 499 g/mol. The van der Waals surface area contributed by atoms with Gasteiger partial charge < -0.3 is 24.0 Å². The second kappa shape index (κ2) is 9.50. The summed E-state index contributed by atoms with van der Waals surface area (Å²) < 4.78 is 12.7. The van der Waals surface area contributed by atoms with Gasteiger partial charge in [-0.25, -0.2) is 14.5 Å². The SMILES string of the molecule is CC(C)(C)OC(=O)N(C(=O)OC(C)(C)C)[C@@H]1C=C[C@H](n2cnc3[c-]nc(Cl)nc32)C1.[Y]. The zero-order chi connectivity index (χ0) is 22.3. The van der Waals surface area contributed by atoms with Crippen LogP contribution < -0.4 is 0 Å². The van der Waals surface area contributed by atoms with Crippen LogP contribution in [0.15, 0.2) is 18.5 Å². The standard InChI is InChI=1S/C20H25ClN5O4.Y/c1-19(2,3)29-17(27)26(18(28)30-20(4,5)6)13-8-7-12(9-13)25-11-23-14-10-22-16(21)24-15(14)25;/h7-8,11-13H,9H2,1-6H3;/q-1;/t12-,13+;/m0./s1. The summed E-state index contributed by atoms with van der Waals surface area (Å²) in [4.78, 5) is 38.9. The summed E-state index contributed by atoms with van der Waals surface area (Å²) in [6.45, 7) is 10.4. The van der Waals surface area contributed by atoms with Gasteiger partial charge in [0.1, 0.15) is 16.5 Å². The monoisotopic (exact) mass is 523 g/mol. The second-order valence-corrected chi connectivity index (χ2v) is 9.35. The van der Waals surface area contributed by atoms with E-state index in [-0.39, 0.29) is 44.0 Å². The van der Waals surface area contributed by atoms with Gasteiger partial charge in [-0.05, 0) is 54.2 Å². The summed E-state index contributed by atoms with van der Waals surface area (Å²) in [5, 5.41) is 0.0620. The second-order valence-electron chi connectivity index (χ2n) is 9.01. The number of rotatable bonds is 2. The molecule has 9 nitrogen and oxygen atoms in total. The van der Waals surface area contributed by atoms with E-state index in [1.165, 1.54) is 0 Å². The number of carbonyl (C=O) groups is 2. The molecule has 2 heterocycles. The number of hydrogen-bond donors (Lipinski definition) is 0. The van der Waals surface area contributed by atoms with Gasteiger partial charge in [0, 0.05) is 49.9 Å². The van der Waals surface area contributed by atoms with Crippen LogP contribution in [0.5, 0.6) is 0 Å². The Morgan fingerprint density at radius 1 is 1.13 bits per heavy atom. The van der Waals surface area contributed by atoms with Crippen molar-refractivity contribution in [2.24, 2.45) is 0 Å². The minimum Gasteiger partial charge on any atom is -0.443 e. The maximum atomic E-state index is 12.8. The number of imidazole rings is 1. The van der Waals surface area contributed by atoms with Gasteiger partial charge in [0.2, 0.25) is 0 Å². The summed E-state index contributed by atoms with van der Waals surface area (Å²) >= 11 is 5.90. The molecule has 0 saturated heterocycles. The van der Waals surface area contributed by atoms with Crippen molar-refractivity contribution in [3.8, 4) is 0 Å². The summed E-state index contributed by atoms with van der Waals surface area (Å²) in [7, 11) is 0. The van der Waals surface area contributed by atoms with Crippen LogP contribution in [0.25, 0.3) is 11.2 Å². The van der Waals surface area contributed by atoms with Crippen LogP contribution >= 0.6 is 11.6 Å². The Kier molecular flexibility index (Phi) is 7.87. The van der Waals surface area contributed by atoms with E-state index in [4.69, 9.17) is 21.1 Å². The molecule has 2 aromatic heterocycles. The van der Waals surface area contributed by atoms with E-state index in [9.17, 15) is 9.59 Å². The van der Waals surface area contributed by atoms with Crippen LogP contribution in [0, 0.1) is 6.20 Å². The molecule has 0 N–H and O–H groups in total. The molecule has 2 aromatic rings. The van der Waals surface area contributed by atoms with Gasteiger partial charge in [0.05, 0.1) is 12.4 Å². The van der Waals surface area contributed by atoms with Gasteiger partial charge in [-0.2, -0.15) is 0 Å². The van der Waals surface area contributed by atoms with Crippen molar-refractivity contribution in [1.82, 2.24) is 24.4 Å². The quantitative estimate of drug-likeness (QED) is 0.328. The van der Waals surface area contributed by atoms with Crippen LogP contribution in [0.4, 0.5) is 9.59 Å². The molecule has 2 amide bonds. The number of halogens is 1. The van der Waals surface area contributed by atoms with Gasteiger partial charge in [0.25, 0.3) is 0 Å². The fraction of sp³-hybridized carbons (Fsp3) is 0.550. The Morgan fingerprint density at radius 2 is 1.71 bits per heavy atom. The minimum absolute atomic E-state index is 0. The molecule has 1 aliphatic carbocycles. The molecule has 3 rings (SSSR count). The third-order valence-corrected chi connectivity index (χ3v) is 4.30. The van der Waals surface area contributed by atoms with E-state index in [2.05, 4.69) is 21.1 Å². The zero-order valence-corrected chi connectivity index (χ0v) is 22.0. The summed E-state index contributed by atoms with van der Waals surface area (Å²) in [6.07, 6.45) is 6.87. The molecular formula is C20H25ClN5O4Y-. The van der Waals surface area contributed by atoms with Crippen molar-refractivity contribution in [3.63, 3.8) is 0 Å². The third kappa shape index (κ3) is 6.46. The predicted octanol–water partition coefficient (Wildman–Crippen LogP) is 4.32. The molecule has 0 bridgehead atoms. The number of allylic oxidation sites excluding steroid dienone is 1. The van der Waals surface area contributed by atoms with Crippen LogP contribution in [-0.4, -0.2) is 53.8 Å². The smallest absolute Gasteiger partial charge is 0.420 e. The Bertz CT molecular complexity index is 968. The number of nitrogens with zero attached hydrogens (tertiary/aromatic N) is 5. The molecule has 31 heavy (non-hydrogen) atoms. The third-order valence-electron chi connectivity index (χ3n) is 4.13. The van der Waals surface area contributed by atoms with Crippen molar-refractivity contribution in [2.45, 2.75) is 71.2 Å². The molecule has 0 saturated carbocycles. The molecule has 0 unspecified atom stereocenters. The fourth-order valence-corrected chi connectivity index (χ4v) is 3.15. The molecule has 1 aliphatic rings. The van der Waals surface area contributed by atoms with Crippen molar-refractivity contribution in [1.29, 1.82) is 0 Å². The predicted molar refractivity (Wildman–Crippen MR) is 110 cm³/mol. The Morgan fingerprint density at radius 3 is 2.26 bits per heavy atom. The van der Waals surface area contributed by atoms with Crippen molar-refractivity contribution < 1.29 is 51.8 Å². The maximum absolute atomic E-state index is 12.8. The van der Waals surface area contributed by atoms with Crippen molar-refractivity contribution in [3.05, 3.63) is 30.0 Å². The van der Waals surface area contributed by atoms with Gasteiger partial charge in [-0.1, -0.05) is 12.2 Å². The molecule has 11 heteroatoms. The van der Waals surface area contributed by atoms with E-state index < -0.39 is 29.4 Å². The van der Waals surface area contributed by atoms with E-state index in [1.807, 2.05) is 6.08 Å². The Hall–Kier alpha value is -1.58. The first kappa shape index (κ1) is 25.7. The largest absolute Gasteiger partial charge is 0.443 e. The van der Waals surface area contributed by atoms with Gasteiger partial charge >= 0.3 is 12.2 Å². The van der Waals surface area contributed by atoms with Gasteiger partial charge in [0.15, 0.2) is 0 Å². The van der Waals surface area contributed by atoms with Crippen molar-refractivity contribution >= 4 is 35.0 Å². The van der Waals surface area contributed by atoms with Gasteiger partial charge in [-0.15, -0.1) is 11.6 Å². The first-order valence-corrected chi connectivity index (χ1v) is 9.93. The summed E-state index contributed by atoms with van der Waals surface area (Å²) in [6, 6.07) is -0.759. The number of imide groups is 1. The molecule has 0 spiro atoms. The first-order valence-electron chi connectivity index (χ1n) is 9.55. The first-order chi connectivity index (χ1) is 13.8. The number of aromatic nitrogens is 4. The molecule has 1 radical (unpaired) electrons. The Labute approximate surface area is 211 Å². The zero-order valence-electron chi connectivity index (χ0n) is 18.4. The van der Waals surface area contributed by atoms with Crippen LogP contribution in [0.3, 0.4) is 0 Å².